The zero-order valence-electron chi connectivity index (χ0n) is 14.0. The van der Waals surface area contributed by atoms with Crippen molar-refractivity contribution in [2.45, 2.75) is 32.2 Å². The van der Waals surface area contributed by atoms with E-state index in [1.165, 1.54) is 0 Å². The van der Waals surface area contributed by atoms with Gasteiger partial charge in [-0.2, -0.15) is 4.98 Å². The molecule has 1 fully saturated rings. The molecule has 0 N–H and O–H groups in total. The molecule has 0 aromatic carbocycles. The topological polar surface area (TPSA) is 106 Å². The number of amides is 1. The zero-order valence-corrected chi connectivity index (χ0v) is 14.8. The molecule has 2 aromatic rings. The largest absolute Gasteiger partial charge is 0.339 e. The highest BCUT2D eigenvalue weighted by Crippen LogP contribution is 2.19. The highest BCUT2D eigenvalue weighted by molar-refractivity contribution is 7.91. The van der Waals surface area contributed by atoms with Crippen LogP contribution in [0.25, 0.3) is 11.4 Å². The molecule has 1 saturated heterocycles. The van der Waals surface area contributed by atoms with Crippen LogP contribution in [0.3, 0.4) is 0 Å². The van der Waals surface area contributed by atoms with Crippen LogP contribution in [0.15, 0.2) is 29.0 Å². The summed E-state index contributed by atoms with van der Waals surface area (Å²) in [6, 6.07) is 3.38. The molecule has 1 aliphatic rings. The van der Waals surface area contributed by atoms with Gasteiger partial charge in [-0.15, -0.1) is 0 Å². The van der Waals surface area contributed by atoms with Crippen LogP contribution in [0.2, 0.25) is 0 Å². The summed E-state index contributed by atoms with van der Waals surface area (Å²) in [5, 5.41) is 3.90. The van der Waals surface area contributed by atoms with Crippen molar-refractivity contribution in [3.05, 3.63) is 30.4 Å². The Morgan fingerprint density at radius 2 is 2.28 bits per heavy atom. The number of rotatable bonds is 6. The fraction of sp³-hybridized carbons (Fsp3) is 0.500. The summed E-state index contributed by atoms with van der Waals surface area (Å²) in [4.78, 5) is 22.4. The molecule has 8 nitrogen and oxygen atoms in total. The molecule has 9 heteroatoms. The summed E-state index contributed by atoms with van der Waals surface area (Å²) >= 11 is 0. The highest BCUT2D eigenvalue weighted by Gasteiger charge is 2.33. The predicted molar refractivity (Wildman–Crippen MR) is 90.3 cm³/mol. The van der Waals surface area contributed by atoms with Crippen LogP contribution in [-0.2, 0) is 21.1 Å². The van der Waals surface area contributed by atoms with E-state index >= 15 is 0 Å². The van der Waals surface area contributed by atoms with Crippen molar-refractivity contribution in [1.82, 2.24) is 20.0 Å². The van der Waals surface area contributed by atoms with Crippen molar-refractivity contribution in [1.29, 1.82) is 0 Å². The number of carbonyl (C=O) groups is 1. The predicted octanol–water partition coefficient (Wildman–Crippen LogP) is 1.10. The van der Waals surface area contributed by atoms with Crippen LogP contribution < -0.4 is 0 Å². The third-order valence-electron chi connectivity index (χ3n) is 4.25. The SMILES string of the molecule is CCN(C(=O)CCc1nc(-c2cccnc2)no1)[C@H]1CCS(=O)(=O)C1. The molecule has 3 rings (SSSR count). The number of carbonyl (C=O) groups excluding carboxylic acids is 1. The van der Waals surface area contributed by atoms with Crippen molar-refractivity contribution >= 4 is 15.7 Å². The van der Waals surface area contributed by atoms with E-state index in [1.807, 2.05) is 13.0 Å². The van der Waals surface area contributed by atoms with Crippen LogP contribution in [-0.4, -0.2) is 58.4 Å². The van der Waals surface area contributed by atoms with Crippen LogP contribution in [0, 0.1) is 0 Å². The standard InChI is InChI=1S/C16H20N4O4S/c1-2-20(13-7-9-25(22,23)11-13)15(21)6-5-14-18-16(19-24-14)12-4-3-8-17-10-12/h3-4,8,10,13H,2,5-7,9,11H2,1H3/t13-/m0/s1. The fourth-order valence-corrected chi connectivity index (χ4v) is 4.72. The highest BCUT2D eigenvalue weighted by atomic mass is 32.2. The lowest BCUT2D eigenvalue weighted by Gasteiger charge is -2.26. The summed E-state index contributed by atoms with van der Waals surface area (Å²) in [6.07, 6.45) is 4.33. The minimum atomic E-state index is -3.02. The fourth-order valence-electron chi connectivity index (χ4n) is 2.99. The lowest BCUT2D eigenvalue weighted by atomic mass is 10.2. The maximum Gasteiger partial charge on any atom is 0.227 e. The molecule has 0 spiro atoms. The lowest BCUT2D eigenvalue weighted by Crippen LogP contribution is -2.41. The summed E-state index contributed by atoms with van der Waals surface area (Å²) < 4.78 is 28.4. The van der Waals surface area contributed by atoms with Crippen molar-refractivity contribution in [2.75, 3.05) is 18.1 Å². The van der Waals surface area contributed by atoms with Gasteiger partial charge in [0, 0.05) is 43.4 Å². The second kappa shape index (κ2) is 7.30. The Bertz CT molecular complexity index is 835. The summed E-state index contributed by atoms with van der Waals surface area (Å²) in [6.45, 7) is 2.35. The van der Waals surface area contributed by atoms with E-state index in [0.717, 1.165) is 5.56 Å². The van der Waals surface area contributed by atoms with Crippen LogP contribution in [0.5, 0.6) is 0 Å². The number of pyridine rings is 1. The Morgan fingerprint density at radius 1 is 1.44 bits per heavy atom. The zero-order chi connectivity index (χ0) is 17.9. The van der Waals surface area contributed by atoms with E-state index in [4.69, 9.17) is 4.52 Å². The molecule has 134 valence electrons. The molecule has 3 heterocycles. The first-order chi connectivity index (χ1) is 12.0. The smallest absolute Gasteiger partial charge is 0.227 e. The molecule has 1 atom stereocenters. The lowest BCUT2D eigenvalue weighted by molar-refractivity contribution is -0.132. The van der Waals surface area contributed by atoms with Gasteiger partial charge in [-0.1, -0.05) is 5.16 Å². The van der Waals surface area contributed by atoms with E-state index < -0.39 is 9.84 Å². The van der Waals surface area contributed by atoms with Gasteiger partial charge >= 0.3 is 0 Å². The third-order valence-corrected chi connectivity index (χ3v) is 6.00. The molecule has 0 unspecified atom stereocenters. The number of hydrogen-bond donors (Lipinski definition) is 0. The summed E-state index contributed by atoms with van der Waals surface area (Å²) in [7, 11) is -3.02. The van der Waals surface area contributed by atoms with E-state index in [2.05, 4.69) is 15.1 Å². The molecule has 0 aliphatic carbocycles. The van der Waals surface area contributed by atoms with Crippen molar-refractivity contribution in [2.24, 2.45) is 0 Å². The maximum atomic E-state index is 12.5. The first-order valence-electron chi connectivity index (χ1n) is 8.21. The van der Waals surface area contributed by atoms with Gasteiger partial charge < -0.3 is 9.42 Å². The molecular weight excluding hydrogens is 344 g/mol. The minimum absolute atomic E-state index is 0.0539. The minimum Gasteiger partial charge on any atom is -0.339 e. The van der Waals surface area contributed by atoms with E-state index in [1.54, 1.807) is 23.4 Å². The van der Waals surface area contributed by atoms with Gasteiger partial charge in [-0.05, 0) is 25.5 Å². The number of aryl methyl sites for hydroxylation is 1. The van der Waals surface area contributed by atoms with Crippen molar-refractivity contribution in [3.8, 4) is 11.4 Å². The van der Waals surface area contributed by atoms with Gasteiger partial charge in [0.2, 0.25) is 17.6 Å². The average Bonchev–Trinajstić information content (AvgIpc) is 3.21. The van der Waals surface area contributed by atoms with Crippen molar-refractivity contribution < 1.29 is 17.7 Å². The number of sulfone groups is 1. The summed E-state index contributed by atoms with van der Waals surface area (Å²) in [5.41, 5.74) is 0.746. The monoisotopic (exact) mass is 364 g/mol. The van der Waals surface area contributed by atoms with Crippen LogP contribution >= 0.6 is 0 Å². The van der Waals surface area contributed by atoms with E-state index in [0.29, 0.717) is 31.1 Å². The normalized spacial score (nSPS) is 19.0. The number of aromatic nitrogens is 3. The Kier molecular flexibility index (Phi) is 5.12. The van der Waals surface area contributed by atoms with E-state index in [9.17, 15) is 13.2 Å². The molecule has 2 aromatic heterocycles. The van der Waals surface area contributed by atoms with Crippen LogP contribution in [0.4, 0.5) is 0 Å². The quantitative estimate of drug-likeness (QED) is 0.755. The van der Waals surface area contributed by atoms with Gasteiger partial charge in [0.1, 0.15) is 0 Å². The summed E-state index contributed by atoms with van der Waals surface area (Å²) in [5.74, 6) is 0.926. The first-order valence-corrected chi connectivity index (χ1v) is 10.0. The second-order valence-electron chi connectivity index (χ2n) is 5.99. The average molecular weight is 364 g/mol. The Labute approximate surface area is 146 Å². The van der Waals surface area contributed by atoms with E-state index in [-0.39, 0.29) is 29.9 Å². The first kappa shape index (κ1) is 17.5. The van der Waals surface area contributed by atoms with Gasteiger partial charge in [-0.25, -0.2) is 8.42 Å². The van der Waals surface area contributed by atoms with Gasteiger partial charge in [0.15, 0.2) is 9.84 Å². The maximum absolute atomic E-state index is 12.5. The second-order valence-corrected chi connectivity index (χ2v) is 8.22. The Balaban J connectivity index is 1.59. The molecule has 0 radical (unpaired) electrons. The van der Waals surface area contributed by atoms with Crippen molar-refractivity contribution in [3.63, 3.8) is 0 Å². The third kappa shape index (κ3) is 4.22. The molecular formula is C16H20N4O4S. The van der Waals surface area contributed by atoms with Crippen LogP contribution in [0.1, 0.15) is 25.7 Å². The Hall–Kier alpha value is -2.29. The molecule has 25 heavy (non-hydrogen) atoms. The van der Waals surface area contributed by atoms with Gasteiger partial charge in [0.25, 0.3) is 0 Å². The Morgan fingerprint density at radius 3 is 2.92 bits per heavy atom. The molecule has 1 amide bonds. The van der Waals surface area contributed by atoms with Gasteiger partial charge in [0.05, 0.1) is 11.5 Å². The number of nitrogens with zero attached hydrogens (tertiary/aromatic N) is 4. The van der Waals surface area contributed by atoms with Gasteiger partial charge in [-0.3, -0.25) is 9.78 Å². The molecule has 1 aliphatic heterocycles. The molecule has 0 bridgehead atoms. The number of hydrogen-bond acceptors (Lipinski definition) is 7. The molecule has 0 saturated carbocycles.